The number of nitrogens with zero attached hydrogens (tertiary/aromatic N) is 1. The van der Waals surface area contributed by atoms with Crippen molar-refractivity contribution in [1.82, 2.24) is 0 Å². The van der Waals surface area contributed by atoms with Crippen molar-refractivity contribution in [3.8, 4) is 11.5 Å². The van der Waals surface area contributed by atoms with E-state index in [1.165, 1.54) is 6.07 Å². The summed E-state index contributed by atoms with van der Waals surface area (Å²) < 4.78 is 49.0. The molecule has 2 aromatic carbocycles. The topological polar surface area (TPSA) is 95.2 Å². The minimum atomic E-state index is -4.53. The van der Waals surface area contributed by atoms with E-state index in [2.05, 4.69) is 15.3 Å². The minimum absolute atomic E-state index is 0.0605. The highest BCUT2D eigenvalue weighted by Crippen LogP contribution is 2.31. The molecule has 2 aromatic rings. The second-order valence-corrected chi connectivity index (χ2v) is 5.46. The molecule has 1 amide bonds. The number of oxime groups is 1. The molecule has 142 valence electrons. The average molecular weight is 381 g/mol. The standard InChI is InChI=1S/C17H14F3N3O4/c18-17(19,20)10-4-3-5-11(8-10)22-16(24)27-23-15(21)14-9-25-12-6-1-2-7-13(12)26-14/h1-8,14H,9H2,(H2,21,23)(H,22,24). The van der Waals surface area contributed by atoms with Crippen LogP contribution in [0.5, 0.6) is 11.5 Å². The van der Waals surface area contributed by atoms with Gasteiger partial charge in [0, 0.05) is 5.69 Å². The van der Waals surface area contributed by atoms with Gasteiger partial charge in [-0.1, -0.05) is 23.4 Å². The number of hydrogen-bond acceptors (Lipinski definition) is 5. The molecule has 0 saturated carbocycles. The van der Waals surface area contributed by atoms with Crippen LogP contribution in [0.4, 0.5) is 23.7 Å². The number of amides is 1. The Labute approximate surface area is 151 Å². The molecule has 1 heterocycles. The second kappa shape index (κ2) is 7.44. The van der Waals surface area contributed by atoms with Crippen LogP contribution in [-0.4, -0.2) is 24.6 Å². The van der Waals surface area contributed by atoms with Crippen LogP contribution in [0.3, 0.4) is 0 Å². The van der Waals surface area contributed by atoms with Gasteiger partial charge in [-0.25, -0.2) is 4.79 Å². The van der Waals surface area contributed by atoms with Gasteiger partial charge in [0.15, 0.2) is 23.4 Å². The van der Waals surface area contributed by atoms with E-state index in [-0.39, 0.29) is 18.1 Å². The molecule has 0 aromatic heterocycles. The number of hydrogen-bond donors (Lipinski definition) is 2. The first kappa shape index (κ1) is 18.4. The number of ether oxygens (including phenoxy) is 2. The Balaban J connectivity index is 1.59. The lowest BCUT2D eigenvalue weighted by Gasteiger charge is -2.25. The maximum absolute atomic E-state index is 12.7. The molecular formula is C17H14F3N3O4. The number of carbonyl (C=O) groups is 1. The quantitative estimate of drug-likeness (QED) is 0.368. The Kier molecular flexibility index (Phi) is 5.06. The summed E-state index contributed by atoms with van der Waals surface area (Å²) in [6.45, 7) is 0.0605. The van der Waals surface area contributed by atoms with Crippen LogP contribution in [-0.2, 0) is 11.0 Å². The third-order valence-electron chi connectivity index (χ3n) is 3.51. The fourth-order valence-corrected chi connectivity index (χ4v) is 2.23. The van der Waals surface area contributed by atoms with Crippen LogP contribution < -0.4 is 20.5 Å². The van der Waals surface area contributed by atoms with E-state index >= 15 is 0 Å². The van der Waals surface area contributed by atoms with Crippen molar-refractivity contribution in [2.75, 3.05) is 11.9 Å². The van der Waals surface area contributed by atoms with Crippen molar-refractivity contribution < 1.29 is 32.3 Å². The summed E-state index contributed by atoms with van der Waals surface area (Å²) in [5.74, 6) is 0.841. The fraction of sp³-hybridized carbons (Fsp3) is 0.176. The number of alkyl halides is 3. The Morgan fingerprint density at radius 2 is 1.93 bits per heavy atom. The third kappa shape index (κ3) is 4.60. The van der Waals surface area contributed by atoms with E-state index in [0.717, 1.165) is 18.2 Å². The number of benzene rings is 2. The number of rotatable bonds is 3. The average Bonchev–Trinajstić information content (AvgIpc) is 2.65. The van der Waals surface area contributed by atoms with Crippen LogP contribution in [0.1, 0.15) is 5.56 Å². The van der Waals surface area contributed by atoms with E-state index < -0.39 is 23.9 Å². The maximum Gasteiger partial charge on any atom is 0.437 e. The monoisotopic (exact) mass is 381 g/mol. The summed E-state index contributed by atoms with van der Waals surface area (Å²) in [6.07, 6.45) is -6.41. The lowest BCUT2D eigenvalue weighted by molar-refractivity contribution is -0.137. The summed E-state index contributed by atoms with van der Waals surface area (Å²) >= 11 is 0. The molecular weight excluding hydrogens is 367 g/mol. The van der Waals surface area contributed by atoms with Gasteiger partial charge >= 0.3 is 12.3 Å². The van der Waals surface area contributed by atoms with Crippen molar-refractivity contribution in [3.05, 3.63) is 54.1 Å². The van der Waals surface area contributed by atoms with Gasteiger partial charge in [-0.2, -0.15) is 13.2 Å². The van der Waals surface area contributed by atoms with Gasteiger partial charge in [-0.15, -0.1) is 0 Å². The van der Waals surface area contributed by atoms with Crippen LogP contribution >= 0.6 is 0 Å². The lowest BCUT2D eigenvalue weighted by Crippen LogP contribution is -2.41. The van der Waals surface area contributed by atoms with Crippen molar-refractivity contribution in [2.45, 2.75) is 12.3 Å². The van der Waals surface area contributed by atoms with E-state index in [0.29, 0.717) is 11.5 Å². The molecule has 1 aliphatic heterocycles. The fourth-order valence-electron chi connectivity index (χ4n) is 2.23. The SMILES string of the molecule is N/C(=N/OC(=O)Nc1cccc(C(F)(F)F)c1)C1COc2ccccc2O1. The van der Waals surface area contributed by atoms with Crippen molar-refractivity contribution in [1.29, 1.82) is 0 Å². The van der Waals surface area contributed by atoms with Crippen molar-refractivity contribution >= 4 is 17.6 Å². The molecule has 3 rings (SSSR count). The highest BCUT2D eigenvalue weighted by Gasteiger charge is 2.30. The van der Waals surface area contributed by atoms with Crippen LogP contribution in [0.2, 0.25) is 0 Å². The van der Waals surface area contributed by atoms with Gasteiger partial charge in [0.2, 0.25) is 0 Å². The number of fused-ring (bicyclic) bond motifs is 1. The van der Waals surface area contributed by atoms with E-state index in [1.54, 1.807) is 24.3 Å². The Morgan fingerprint density at radius 1 is 1.19 bits per heavy atom. The molecule has 1 aliphatic rings. The van der Waals surface area contributed by atoms with Crippen LogP contribution in [0, 0.1) is 0 Å². The zero-order valence-corrected chi connectivity index (χ0v) is 13.7. The Morgan fingerprint density at radius 3 is 2.67 bits per heavy atom. The van der Waals surface area contributed by atoms with Crippen molar-refractivity contribution in [2.24, 2.45) is 10.9 Å². The zero-order chi connectivity index (χ0) is 19.4. The number of anilines is 1. The Hall–Kier alpha value is -3.43. The molecule has 3 N–H and O–H groups in total. The van der Waals surface area contributed by atoms with E-state index in [4.69, 9.17) is 15.2 Å². The molecule has 0 radical (unpaired) electrons. The third-order valence-corrected chi connectivity index (χ3v) is 3.51. The first-order chi connectivity index (χ1) is 12.8. The predicted molar refractivity (Wildman–Crippen MR) is 89.5 cm³/mol. The molecule has 27 heavy (non-hydrogen) atoms. The van der Waals surface area contributed by atoms with Gasteiger partial charge in [0.05, 0.1) is 5.56 Å². The molecule has 1 unspecified atom stereocenters. The van der Waals surface area contributed by atoms with Gasteiger partial charge in [-0.05, 0) is 30.3 Å². The summed E-state index contributed by atoms with van der Waals surface area (Å²) in [5, 5.41) is 5.58. The smallest absolute Gasteiger partial charge is 0.437 e. The largest absolute Gasteiger partial charge is 0.485 e. The van der Waals surface area contributed by atoms with Gasteiger partial charge < -0.3 is 15.2 Å². The minimum Gasteiger partial charge on any atom is -0.485 e. The summed E-state index contributed by atoms with van der Waals surface area (Å²) in [5.41, 5.74) is 4.71. The maximum atomic E-state index is 12.7. The lowest BCUT2D eigenvalue weighted by atomic mass is 10.2. The molecule has 0 saturated heterocycles. The zero-order valence-electron chi connectivity index (χ0n) is 13.7. The number of para-hydroxylation sites is 2. The van der Waals surface area contributed by atoms with Gasteiger partial charge in [-0.3, -0.25) is 10.2 Å². The molecule has 10 heteroatoms. The summed E-state index contributed by atoms with van der Waals surface area (Å²) in [7, 11) is 0. The molecule has 7 nitrogen and oxygen atoms in total. The van der Waals surface area contributed by atoms with E-state index in [1.807, 2.05) is 0 Å². The number of carbonyl (C=O) groups excluding carboxylic acids is 1. The van der Waals surface area contributed by atoms with Crippen LogP contribution in [0.25, 0.3) is 0 Å². The second-order valence-electron chi connectivity index (χ2n) is 5.46. The van der Waals surface area contributed by atoms with Gasteiger partial charge in [0.1, 0.15) is 6.61 Å². The molecule has 1 atom stereocenters. The van der Waals surface area contributed by atoms with Crippen molar-refractivity contribution in [3.63, 3.8) is 0 Å². The highest BCUT2D eigenvalue weighted by molar-refractivity contribution is 5.88. The molecule has 0 aliphatic carbocycles. The van der Waals surface area contributed by atoms with E-state index in [9.17, 15) is 18.0 Å². The number of halogens is 3. The van der Waals surface area contributed by atoms with Gasteiger partial charge in [0.25, 0.3) is 0 Å². The Bertz CT molecular complexity index is 870. The normalized spacial score (nSPS) is 16.6. The highest BCUT2D eigenvalue weighted by atomic mass is 19.4. The summed E-state index contributed by atoms with van der Waals surface area (Å²) in [6, 6.07) is 11.0. The number of amidine groups is 1. The molecule has 0 bridgehead atoms. The number of nitrogens with one attached hydrogen (secondary N) is 1. The molecule has 0 spiro atoms. The first-order valence-electron chi connectivity index (χ1n) is 7.70. The molecule has 0 fully saturated rings. The first-order valence-corrected chi connectivity index (χ1v) is 7.70. The number of nitrogens with two attached hydrogens (primary N) is 1. The predicted octanol–water partition coefficient (Wildman–Crippen LogP) is 3.37. The summed E-state index contributed by atoms with van der Waals surface area (Å²) in [4.78, 5) is 16.3. The van der Waals surface area contributed by atoms with Crippen LogP contribution in [0.15, 0.2) is 53.7 Å².